The van der Waals surface area contributed by atoms with E-state index in [1.165, 1.54) is 6.33 Å². The molecule has 1 aliphatic rings. The number of aromatic nitrogens is 4. The molecule has 0 spiro atoms. The van der Waals surface area contributed by atoms with E-state index in [1.807, 2.05) is 13.0 Å². The standard InChI is InChI=1S/C11H14ClN5/c1-7-2-10(13-5-8-3-9(12)4-8)17-11(16-7)14-6-15-17/h2,6,8-9,13H,3-5H2,1H3. The van der Waals surface area contributed by atoms with Crippen LogP contribution in [0.2, 0.25) is 0 Å². The van der Waals surface area contributed by atoms with Crippen molar-refractivity contribution in [3.8, 4) is 0 Å². The van der Waals surface area contributed by atoms with E-state index < -0.39 is 0 Å². The van der Waals surface area contributed by atoms with Crippen molar-refractivity contribution < 1.29 is 0 Å². The van der Waals surface area contributed by atoms with Crippen LogP contribution in [0.15, 0.2) is 12.4 Å². The molecule has 1 saturated carbocycles. The fourth-order valence-electron chi connectivity index (χ4n) is 2.13. The molecule has 0 radical (unpaired) electrons. The van der Waals surface area contributed by atoms with E-state index in [1.54, 1.807) is 4.52 Å². The fourth-order valence-corrected chi connectivity index (χ4v) is 2.63. The maximum atomic E-state index is 5.96. The summed E-state index contributed by atoms with van der Waals surface area (Å²) in [5.41, 5.74) is 0.942. The summed E-state index contributed by atoms with van der Waals surface area (Å²) >= 11 is 5.96. The summed E-state index contributed by atoms with van der Waals surface area (Å²) < 4.78 is 1.73. The summed E-state index contributed by atoms with van der Waals surface area (Å²) in [6, 6.07) is 1.98. The summed E-state index contributed by atoms with van der Waals surface area (Å²) in [5.74, 6) is 2.25. The minimum atomic E-state index is 0.368. The molecule has 2 heterocycles. The second-order valence-electron chi connectivity index (χ2n) is 4.57. The average molecular weight is 252 g/mol. The Labute approximate surface area is 104 Å². The molecule has 3 rings (SSSR count). The van der Waals surface area contributed by atoms with Crippen LogP contribution in [0.1, 0.15) is 18.5 Å². The number of fused-ring (bicyclic) bond motifs is 1. The molecule has 5 nitrogen and oxygen atoms in total. The molecule has 0 aromatic carbocycles. The predicted octanol–water partition coefficient (Wildman–Crippen LogP) is 1.86. The Kier molecular flexibility index (Phi) is 2.63. The number of alkyl halides is 1. The Morgan fingerprint density at radius 3 is 3.12 bits per heavy atom. The molecule has 0 aliphatic heterocycles. The molecule has 0 bridgehead atoms. The van der Waals surface area contributed by atoms with Gasteiger partial charge in [0.2, 0.25) is 0 Å². The van der Waals surface area contributed by atoms with Crippen molar-refractivity contribution in [1.29, 1.82) is 0 Å². The summed E-state index contributed by atoms with van der Waals surface area (Å²) in [6.45, 7) is 2.89. The normalized spacial score (nSPS) is 23.6. The van der Waals surface area contributed by atoms with Gasteiger partial charge >= 0.3 is 0 Å². The fraction of sp³-hybridized carbons (Fsp3) is 0.545. The van der Waals surface area contributed by atoms with Gasteiger partial charge in [-0.3, -0.25) is 0 Å². The minimum Gasteiger partial charge on any atom is -0.370 e. The third-order valence-electron chi connectivity index (χ3n) is 3.13. The first kappa shape index (κ1) is 10.8. The first-order valence-electron chi connectivity index (χ1n) is 5.77. The van der Waals surface area contributed by atoms with Gasteiger partial charge in [0.05, 0.1) is 0 Å². The lowest BCUT2D eigenvalue weighted by atomic mass is 9.85. The van der Waals surface area contributed by atoms with E-state index in [0.717, 1.165) is 30.9 Å². The van der Waals surface area contributed by atoms with Crippen LogP contribution in [-0.4, -0.2) is 31.5 Å². The molecule has 6 heteroatoms. The van der Waals surface area contributed by atoms with Crippen LogP contribution in [0, 0.1) is 12.8 Å². The number of aryl methyl sites for hydroxylation is 1. The molecule has 1 aliphatic carbocycles. The topological polar surface area (TPSA) is 55.1 Å². The van der Waals surface area contributed by atoms with Gasteiger partial charge in [0.1, 0.15) is 12.1 Å². The molecule has 17 heavy (non-hydrogen) atoms. The summed E-state index contributed by atoms with van der Waals surface area (Å²) in [7, 11) is 0. The van der Waals surface area contributed by atoms with Gasteiger partial charge in [-0.25, -0.2) is 4.98 Å². The van der Waals surface area contributed by atoms with Crippen molar-refractivity contribution in [2.45, 2.75) is 25.1 Å². The summed E-state index contributed by atoms with van der Waals surface area (Å²) in [6.07, 6.45) is 3.71. The lowest BCUT2D eigenvalue weighted by Gasteiger charge is -2.31. The first-order valence-corrected chi connectivity index (χ1v) is 6.21. The highest BCUT2D eigenvalue weighted by Crippen LogP contribution is 2.31. The molecule has 0 unspecified atom stereocenters. The van der Waals surface area contributed by atoms with Gasteiger partial charge in [-0.15, -0.1) is 11.6 Å². The summed E-state index contributed by atoms with van der Waals surface area (Å²) in [5, 5.41) is 7.92. The highest BCUT2D eigenvalue weighted by Gasteiger charge is 2.26. The minimum absolute atomic E-state index is 0.368. The Hall–Kier alpha value is -1.36. The lowest BCUT2D eigenvalue weighted by molar-refractivity contribution is 0.341. The van der Waals surface area contributed by atoms with Crippen molar-refractivity contribution in [2.24, 2.45) is 5.92 Å². The third kappa shape index (κ3) is 2.07. The predicted molar refractivity (Wildman–Crippen MR) is 66.4 cm³/mol. The van der Waals surface area contributed by atoms with Gasteiger partial charge in [-0.05, 0) is 25.7 Å². The van der Waals surface area contributed by atoms with E-state index in [9.17, 15) is 0 Å². The largest absolute Gasteiger partial charge is 0.370 e. The molecular weight excluding hydrogens is 238 g/mol. The number of hydrogen-bond acceptors (Lipinski definition) is 4. The van der Waals surface area contributed by atoms with Crippen LogP contribution in [0.3, 0.4) is 0 Å². The second kappa shape index (κ2) is 4.14. The van der Waals surface area contributed by atoms with Gasteiger partial charge in [-0.1, -0.05) is 0 Å². The smallest absolute Gasteiger partial charge is 0.254 e. The van der Waals surface area contributed by atoms with Gasteiger partial charge < -0.3 is 5.32 Å². The SMILES string of the molecule is Cc1cc(NCC2CC(Cl)C2)n2ncnc2n1. The number of hydrogen-bond donors (Lipinski definition) is 1. The van der Waals surface area contributed by atoms with Gasteiger partial charge in [0.15, 0.2) is 0 Å². The van der Waals surface area contributed by atoms with Crippen LogP contribution in [-0.2, 0) is 0 Å². The van der Waals surface area contributed by atoms with E-state index >= 15 is 0 Å². The quantitative estimate of drug-likeness (QED) is 0.846. The third-order valence-corrected chi connectivity index (χ3v) is 3.49. The molecule has 0 amide bonds. The number of rotatable bonds is 3. The van der Waals surface area contributed by atoms with Gasteiger partial charge in [0, 0.05) is 23.7 Å². The molecule has 90 valence electrons. The van der Waals surface area contributed by atoms with E-state index in [4.69, 9.17) is 11.6 Å². The van der Waals surface area contributed by atoms with E-state index in [2.05, 4.69) is 20.4 Å². The Morgan fingerprint density at radius 2 is 2.35 bits per heavy atom. The van der Waals surface area contributed by atoms with Gasteiger partial charge in [0.25, 0.3) is 5.78 Å². The van der Waals surface area contributed by atoms with Crippen LogP contribution in [0.5, 0.6) is 0 Å². The van der Waals surface area contributed by atoms with Crippen LogP contribution >= 0.6 is 11.6 Å². The maximum absolute atomic E-state index is 5.96. The molecular formula is C11H14ClN5. The second-order valence-corrected chi connectivity index (χ2v) is 5.19. The Balaban J connectivity index is 1.77. The Morgan fingerprint density at radius 1 is 1.53 bits per heavy atom. The van der Waals surface area contributed by atoms with Crippen molar-refractivity contribution in [3.63, 3.8) is 0 Å². The van der Waals surface area contributed by atoms with E-state index in [0.29, 0.717) is 17.1 Å². The molecule has 1 N–H and O–H groups in total. The molecule has 2 aromatic heterocycles. The first-order chi connectivity index (χ1) is 8.22. The van der Waals surface area contributed by atoms with Crippen molar-refractivity contribution in [2.75, 3.05) is 11.9 Å². The Bertz CT molecular complexity index is 532. The van der Waals surface area contributed by atoms with Crippen molar-refractivity contribution >= 4 is 23.2 Å². The summed E-state index contributed by atoms with van der Waals surface area (Å²) in [4.78, 5) is 8.39. The maximum Gasteiger partial charge on any atom is 0.254 e. The van der Waals surface area contributed by atoms with Crippen molar-refractivity contribution in [3.05, 3.63) is 18.1 Å². The van der Waals surface area contributed by atoms with Crippen LogP contribution in [0.25, 0.3) is 5.78 Å². The highest BCUT2D eigenvalue weighted by molar-refractivity contribution is 6.21. The van der Waals surface area contributed by atoms with E-state index in [-0.39, 0.29) is 0 Å². The lowest BCUT2D eigenvalue weighted by Crippen LogP contribution is -2.30. The molecule has 2 aromatic rings. The zero-order valence-electron chi connectivity index (χ0n) is 9.60. The number of halogens is 1. The zero-order chi connectivity index (χ0) is 11.8. The van der Waals surface area contributed by atoms with Gasteiger partial charge in [-0.2, -0.15) is 14.6 Å². The average Bonchev–Trinajstić information content (AvgIpc) is 2.70. The van der Waals surface area contributed by atoms with Crippen LogP contribution < -0.4 is 5.32 Å². The number of nitrogens with zero attached hydrogens (tertiary/aromatic N) is 4. The molecule has 0 saturated heterocycles. The number of anilines is 1. The zero-order valence-corrected chi connectivity index (χ0v) is 10.4. The molecule has 1 fully saturated rings. The molecule has 0 atom stereocenters. The van der Waals surface area contributed by atoms with Crippen LogP contribution in [0.4, 0.5) is 5.82 Å². The highest BCUT2D eigenvalue weighted by atomic mass is 35.5. The number of nitrogens with one attached hydrogen (secondary N) is 1. The van der Waals surface area contributed by atoms with Crippen molar-refractivity contribution in [1.82, 2.24) is 19.6 Å². The monoisotopic (exact) mass is 251 g/mol.